The highest BCUT2D eigenvalue weighted by molar-refractivity contribution is 5.39. The number of ether oxygens (including phenoxy) is 4. The van der Waals surface area contributed by atoms with Crippen molar-refractivity contribution < 1.29 is 111 Å². The summed E-state index contributed by atoms with van der Waals surface area (Å²) in [5, 5.41) is 0. The van der Waals surface area contributed by atoms with Crippen LogP contribution in [0.5, 0.6) is 11.5 Å². The molecule has 0 aliphatic carbocycles. The molecule has 0 saturated carbocycles. The van der Waals surface area contributed by atoms with Gasteiger partial charge in [0.2, 0.25) is 28.7 Å². The number of halogens is 21. The lowest BCUT2D eigenvalue weighted by atomic mass is 9.73. The first-order chi connectivity index (χ1) is 23.1. The van der Waals surface area contributed by atoms with Crippen LogP contribution in [0.4, 0.5) is 92.2 Å². The molecule has 4 atom stereocenters. The fourth-order valence-electron chi connectivity index (χ4n) is 5.07. The van der Waals surface area contributed by atoms with Crippen molar-refractivity contribution in [2.24, 2.45) is 10.8 Å². The molecule has 0 N–H and O–H groups in total. The van der Waals surface area contributed by atoms with Gasteiger partial charge in [-0.3, -0.25) is 0 Å². The summed E-state index contributed by atoms with van der Waals surface area (Å²) < 4.78 is 308. The Kier molecular flexibility index (Phi) is 10.2. The fourth-order valence-corrected chi connectivity index (χ4v) is 5.07. The zero-order valence-electron chi connectivity index (χ0n) is 23.8. The molecule has 2 heterocycles. The van der Waals surface area contributed by atoms with Crippen LogP contribution in [0.15, 0.2) is 0 Å². The molecule has 2 aromatic carbocycles. The monoisotopic (exact) mass is 788 g/mol. The predicted molar refractivity (Wildman–Crippen MR) is 120 cm³/mol. The molecule has 51 heavy (non-hydrogen) atoms. The zero-order valence-corrected chi connectivity index (χ0v) is 23.8. The van der Waals surface area contributed by atoms with E-state index < -0.39 is 156 Å². The Labute approximate surface area is 268 Å². The van der Waals surface area contributed by atoms with Crippen molar-refractivity contribution in [3.8, 4) is 11.5 Å². The van der Waals surface area contributed by atoms with Gasteiger partial charge < -0.3 is 18.9 Å². The minimum absolute atomic E-state index is 1.60. The van der Waals surface area contributed by atoms with Crippen LogP contribution in [0.2, 0.25) is 0 Å². The molecular formula is C26H13F21O4. The molecular weight excluding hydrogens is 775 g/mol. The number of rotatable bonds is 9. The van der Waals surface area contributed by atoms with E-state index in [0.29, 0.717) is 0 Å². The Hall–Kier alpha value is -3.51. The first kappa shape index (κ1) is 40.3. The summed E-state index contributed by atoms with van der Waals surface area (Å²) in [7, 11) is 0. The Morgan fingerprint density at radius 1 is 0.569 bits per heavy atom. The third-order valence-electron chi connectivity index (χ3n) is 8.04. The Morgan fingerprint density at radius 3 is 1.29 bits per heavy atom. The second-order valence-electron chi connectivity index (χ2n) is 10.9. The zero-order chi connectivity index (χ0) is 39.0. The van der Waals surface area contributed by atoms with Crippen molar-refractivity contribution in [3.05, 3.63) is 57.7 Å². The van der Waals surface area contributed by atoms with Gasteiger partial charge in [-0.1, -0.05) is 0 Å². The molecule has 2 fully saturated rings. The SMILES string of the molecule is FCC1(C(F)(F)F)COC1c1c(F)c(F)c(OC(CCOc2c(F)c(F)c(C3OCC3(C(F)(F)F)C(F)(F)F)c(F)c2F)C(F)(F)F)c(F)c1F. The van der Waals surface area contributed by atoms with Gasteiger partial charge in [-0.2, -0.15) is 70.2 Å². The molecule has 4 nitrogen and oxygen atoms in total. The molecule has 2 aliphatic heterocycles. The van der Waals surface area contributed by atoms with E-state index in [9.17, 15) is 92.2 Å². The maximum atomic E-state index is 14.7. The second-order valence-corrected chi connectivity index (χ2v) is 10.9. The molecule has 4 unspecified atom stereocenters. The topological polar surface area (TPSA) is 36.9 Å². The molecule has 4 rings (SSSR count). The minimum Gasteiger partial charge on any atom is -0.487 e. The second kappa shape index (κ2) is 12.9. The van der Waals surface area contributed by atoms with Gasteiger partial charge in [0, 0.05) is 6.42 Å². The maximum Gasteiger partial charge on any atom is 0.425 e. The summed E-state index contributed by atoms with van der Waals surface area (Å²) in [4.78, 5) is 0. The predicted octanol–water partition coefficient (Wildman–Crippen LogP) is 9.35. The van der Waals surface area contributed by atoms with Gasteiger partial charge in [-0.05, 0) is 0 Å². The molecule has 0 spiro atoms. The Balaban J connectivity index is 1.62. The smallest absolute Gasteiger partial charge is 0.425 e. The van der Waals surface area contributed by atoms with Crippen LogP contribution in [0.3, 0.4) is 0 Å². The van der Waals surface area contributed by atoms with Gasteiger partial charge in [-0.25, -0.2) is 22.0 Å². The van der Waals surface area contributed by atoms with Crippen molar-refractivity contribution in [2.45, 2.75) is 49.4 Å². The van der Waals surface area contributed by atoms with Gasteiger partial charge in [0.25, 0.3) is 0 Å². The number of hydrogen-bond acceptors (Lipinski definition) is 4. The number of benzene rings is 2. The van der Waals surface area contributed by atoms with Crippen molar-refractivity contribution in [1.82, 2.24) is 0 Å². The van der Waals surface area contributed by atoms with Crippen LogP contribution in [0.25, 0.3) is 0 Å². The van der Waals surface area contributed by atoms with Gasteiger partial charge >= 0.3 is 24.7 Å². The average molecular weight is 788 g/mol. The van der Waals surface area contributed by atoms with Crippen LogP contribution >= 0.6 is 0 Å². The van der Waals surface area contributed by atoms with E-state index in [0.717, 1.165) is 0 Å². The number of alkyl halides is 13. The van der Waals surface area contributed by atoms with Gasteiger partial charge in [0.15, 0.2) is 40.9 Å². The van der Waals surface area contributed by atoms with E-state index >= 15 is 0 Å². The van der Waals surface area contributed by atoms with Crippen molar-refractivity contribution in [2.75, 3.05) is 26.5 Å². The van der Waals surface area contributed by atoms with Crippen LogP contribution in [0.1, 0.15) is 29.8 Å². The minimum atomic E-state index is -6.38. The summed E-state index contributed by atoms with van der Waals surface area (Å²) in [6.07, 6.45) is -36.9. The molecule has 0 amide bonds. The van der Waals surface area contributed by atoms with E-state index in [1.54, 1.807) is 0 Å². The highest BCUT2D eigenvalue weighted by Gasteiger charge is 2.80. The normalized spacial score (nSPS) is 23.1. The van der Waals surface area contributed by atoms with Crippen molar-refractivity contribution in [1.29, 1.82) is 0 Å². The van der Waals surface area contributed by atoms with Crippen LogP contribution in [-0.4, -0.2) is 57.3 Å². The molecule has 2 aromatic rings. The van der Waals surface area contributed by atoms with Crippen LogP contribution < -0.4 is 9.47 Å². The summed E-state index contributed by atoms with van der Waals surface area (Å²) >= 11 is 0. The Morgan fingerprint density at radius 2 is 0.980 bits per heavy atom. The summed E-state index contributed by atoms with van der Waals surface area (Å²) in [5.41, 5.74) is -13.6. The van der Waals surface area contributed by atoms with E-state index in [-0.39, 0.29) is 0 Å². The first-order valence-corrected chi connectivity index (χ1v) is 13.2. The molecule has 0 bridgehead atoms. The standard InChI is InChI=1S/C26H13F21O4/c27-3-21(24(39,40)41)4-49-19(21)7-9(28)15(34)18(16(35)10(7)29)51-6(23(36,37)38)1-2-48-17-13(32)11(30)8(12(31)14(17)33)20-22(5-50-20,25(42,43)44)26(45,46)47/h6,19-20H,1-5H2. The molecule has 2 saturated heterocycles. The van der Waals surface area contributed by atoms with E-state index in [1.165, 1.54) is 0 Å². The lowest BCUT2D eigenvalue weighted by Crippen LogP contribution is -2.64. The first-order valence-electron chi connectivity index (χ1n) is 13.2. The third kappa shape index (κ3) is 6.13. The summed E-state index contributed by atoms with van der Waals surface area (Å²) in [5.74, 6) is -28.3. The highest BCUT2D eigenvalue weighted by Crippen LogP contribution is 2.65. The average Bonchev–Trinajstić information content (AvgIpc) is 2.94. The van der Waals surface area contributed by atoms with Crippen molar-refractivity contribution >= 4 is 0 Å². The fraction of sp³-hybridized carbons (Fsp3) is 0.538. The maximum absolute atomic E-state index is 14.7. The van der Waals surface area contributed by atoms with Crippen molar-refractivity contribution in [3.63, 3.8) is 0 Å². The van der Waals surface area contributed by atoms with E-state index in [4.69, 9.17) is 0 Å². The molecule has 288 valence electrons. The lowest BCUT2D eigenvalue weighted by Gasteiger charge is -2.50. The molecule has 0 radical (unpaired) electrons. The third-order valence-corrected chi connectivity index (χ3v) is 8.04. The molecule has 25 heteroatoms. The van der Waals surface area contributed by atoms with E-state index in [2.05, 4.69) is 18.9 Å². The Bertz CT molecular complexity index is 1590. The summed E-state index contributed by atoms with van der Waals surface area (Å²) in [6, 6.07) is 0. The molecule has 2 aliphatic rings. The quantitative estimate of drug-likeness (QED) is 0.188. The largest absolute Gasteiger partial charge is 0.487 e. The lowest BCUT2D eigenvalue weighted by molar-refractivity contribution is -0.433. The number of hydrogen-bond donors (Lipinski definition) is 0. The molecule has 0 aromatic heterocycles. The highest BCUT2D eigenvalue weighted by atomic mass is 19.4. The van der Waals surface area contributed by atoms with Crippen LogP contribution in [0, 0.1) is 57.4 Å². The summed E-state index contributed by atoms with van der Waals surface area (Å²) in [6.45, 7) is -8.24. The van der Waals surface area contributed by atoms with Crippen LogP contribution in [-0.2, 0) is 9.47 Å². The van der Waals surface area contributed by atoms with Gasteiger partial charge in [0.1, 0.15) is 24.3 Å². The van der Waals surface area contributed by atoms with Gasteiger partial charge in [0.05, 0.1) is 30.9 Å². The van der Waals surface area contributed by atoms with E-state index in [1.807, 2.05) is 0 Å². The van der Waals surface area contributed by atoms with Gasteiger partial charge in [-0.15, -0.1) is 0 Å².